The first kappa shape index (κ1) is 36.4. The van der Waals surface area contributed by atoms with Crippen molar-refractivity contribution in [2.75, 3.05) is 18.8 Å². The minimum atomic E-state index is -1.30. The Bertz CT molecular complexity index is 1390. The van der Waals surface area contributed by atoms with Crippen LogP contribution in [0.15, 0.2) is 35.5 Å². The van der Waals surface area contributed by atoms with Crippen molar-refractivity contribution in [2.24, 2.45) is 27.9 Å². The predicted molar refractivity (Wildman–Crippen MR) is 169 cm³/mol. The molecule has 0 aliphatic carbocycles. The number of hydrogen-bond donors (Lipinski definition) is 11. The van der Waals surface area contributed by atoms with Crippen LogP contribution >= 0.6 is 12.6 Å². The number of aliphatic carboxylic acids is 1. The lowest BCUT2D eigenvalue weighted by Gasteiger charge is -2.24. The summed E-state index contributed by atoms with van der Waals surface area (Å²) in [5.74, 6) is -5.26. The standard InChI is InChI=1S/C27H40N10O7S/c28-16(7-8-21(29)38)23(40)37-19(10-14-11-33-17-5-2-1-4-15(14)17)25(42)36-18(6-3-9-32-27(30)31)24(41)34-12-22(39)35-20(13-45)26(43)44/h1-2,4-5,11,16,18-20,33,45H,3,6-10,12-13,28H2,(H2,29,38)(H,34,41)(H,35,39)(H,36,42)(H,37,40)(H,43,44)(H4,30,31,32)/t16-,18-,19-,20-/m0/s1. The van der Waals surface area contributed by atoms with E-state index < -0.39 is 66.2 Å². The van der Waals surface area contributed by atoms with E-state index in [1.807, 2.05) is 24.3 Å². The number of carboxylic acid groups (broad SMARTS) is 1. The van der Waals surface area contributed by atoms with Gasteiger partial charge in [0, 0.05) is 42.2 Å². The summed E-state index contributed by atoms with van der Waals surface area (Å²) in [5.41, 5.74) is 23.3. The molecule has 0 aliphatic heterocycles. The zero-order valence-electron chi connectivity index (χ0n) is 24.5. The Hall–Kier alpha value is -4.84. The Morgan fingerprint density at radius 1 is 0.911 bits per heavy atom. The zero-order chi connectivity index (χ0) is 33.5. The number of thiol groups is 1. The van der Waals surface area contributed by atoms with Gasteiger partial charge in [-0.2, -0.15) is 12.6 Å². The molecule has 17 nitrogen and oxygen atoms in total. The lowest BCUT2D eigenvalue weighted by atomic mass is 10.0. The van der Waals surface area contributed by atoms with Gasteiger partial charge in [-0.1, -0.05) is 18.2 Å². The van der Waals surface area contributed by atoms with Gasteiger partial charge in [-0.25, -0.2) is 4.79 Å². The number of aromatic nitrogens is 1. The van der Waals surface area contributed by atoms with Crippen LogP contribution in [0.2, 0.25) is 0 Å². The number of hydrogen-bond acceptors (Lipinski definition) is 9. The van der Waals surface area contributed by atoms with E-state index in [0.29, 0.717) is 5.56 Å². The number of carbonyl (C=O) groups excluding carboxylic acids is 5. The van der Waals surface area contributed by atoms with Crippen LogP contribution < -0.4 is 44.2 Å². The molecule has 18 heteroatoms. The number of fused-ring (bicyclic) bond motifs is 1. The molecule has 45 heavy (non-hydrogen) atoms. The highest BCUT2D eigenvalue weighted by Gasteiger charge is 2.29. The molecule has 2 aromatic rings. The fourth-order valence-corrected chi connectivity index (χ4v) is 4.45. The molecule has 0 saturated carbocycles. The lowest BCUT2D eigenvalue weighted by molar-refractivity contribution is -0.141. The average molecular weight is 649 g/mol. The number of guanidine groups is 1. The van der Waals surface area contributed by atoms with Gasteiger partial charge >= 0.3 is 5.97 Å². The van der Waals surface area contributed by atoms with Crippen molar-refractivity contribution in [2.45, 2.75) is 56.3 Å². The van der Waals surface area contributed by atoms with Crippen LogP contribution in [0.25, 0.3) is 10.9 Å². The topological polar surface area (TPSA) is 303 Å². The number of rotatable bonds is 19. The molecule has 0 radical (unpaired) electrons. The highest BCUT2D eigenvalue weighted by atomic mass is 32.1. The maximum Gasteiger partial charge on any atom is 0.327 e. The molecule has 0 unspecified atom stereocenters. The third-order valence-corrected chi connectivity index (χ3v) is 6.95. The molecular weight excluding hydrogens is 608 g/mol. The number of carbonyl (C=O) groups is 6. The van der Waals surface area contributed by atoms with E-state index in [4.69, 9.17) is 28.0 Å². The summed E-state index contributed by atoms with van der Waals surface area (Å²) in [7, 11) is 0. The molecular formula is C27H40N10O7S. The highest BCUT2D eigenvalue weighted by molar-refractivity contribution is 7.80. The number of para-hydroxylation sites is 1. The number of nitrogens with one attached hydrogen (secondary N) is 5. The molecule has 0 aliphatic rings. The van der Waals surface area contributed by atoms with E-state index >= 15 is 0 Å². The van der Waals surface area contributed by atoms with Crippen LogP contribution in [0.3, 0.4) is 0 Å². The van der Waals surface area contributed by atoms with Crippen molar-refractivity contribution in [3.8, 4) is 0 Å². The number of amides is 5. The Kier molecular flexibility index (Phi) is 14.6. The molecule has 4 atom stereocenters. The highest BCUT2D eigenvalue weighted by Crippen LogP contribution is 2.19. The van der Waals surface area contributed by atoms with Crippen molar-refractivity contribution >= 4 is 65.0 Å². The first-order chi connectivity index (χ1) is 21.3. The third kappa shape index (κ3) is 12.4. The number of carboxylic acids is 1. The number of aromatic amines is 1. The van der Waals surface area contributed by atoms with Gasteiger partial charge in [-0.15, -0.1) is 0 Å². The molecule has 0 spiro atoms. The van der Waals surface area contributed by atoms with Gasteiger partial charge in [0.2, 0.25) is 29.5 Å². The number of H-pyrrole nitrogens is 1. The van der Waals surface area contributed by atoms with Gasteiger partial charge in [0.25, 0.3) is 0 Å². The molecule has 246 valence electrons. The van der Waals surface area contributed by atoms with Gasteiger partial charge in [-0.3, -0.25) is 29.0 Å². The predicted octanol–water partition coefficient (Wildman–Crippen LogP) is -3.06. The number of primary amides is 1. The Morgan fingerprint density at radius 3 is 2.24 bits per heavy atom. The van der Waals surface area contributed by atoms with Crippen LogP contribution in [0.5, 0.6) is 0 Å². The second kappa shape index (κ2) is 18.1. The SMILES string of the molecule is NC(=O)CC[C@H](N)C(=O)N[C@@H](Cc1c[nH]c2ccccc12)C(=O)N[C@@H](CCCN=C(N)N)C(=O)NCC(=O)N[C@@H](CS)C(=O)O. The molecule has 2 rings (SSSR count). The first-order valence-corrected chi connectivity index (χ1v) is 14.6. The third-order valence-electron chi connectivity index (χ3n) is 6.59. The first-order valence-electron chi connectivity index (χ1n) is 14.0. The number of nitrogens with zero attached hydrogens (tertiary/aromatic N) is 1. The number of benzene rings is 1. The summed E-state index contributed by atoms with van der Waals surface area (Å²) in [4.78, 5) is 81.2. The van der Waals surface area contributed by atoms with E-state index in [2.05, 4.69) is 43.9 Å². The summed E-state index contributed by atoms with van der Waals surface area (Å²) in [6, 6.07) is 2.51. The molecule has 1 aromatic carbocycles. The van der Waals surface area contributed by atoms with Crippen LogP contribution in [0.1, 0.15) is 31.2 Å². The average Bonchev–Trinajstić information content (AvgIpc) is 3.40. The van der Waals surface area contributed by atoms with Gasteiger partial charge in [-0.05, 0) is 30.9 Å². The van der Waals surface area contributed by atoms with E-state index in [1.54, 1.807) is 6.20 Å². The molecule has 0 saturated heterocycles. The molecule has 5 amide bonds. The van der Waals surface area contributed by atoms with Crippen LogP contribution in [0.4, 0.5) is 0 Å². The normalized spacial score (nSPS) is 13.5. The van der Waals surface area contributed by atoms with Crippen molar-refractivity contribution in [1.29, 1.82) is 0 Å². The minimum Gasteiger partial charge on any atom is -0.480 e. The number of nitrogens with two attached hydrogens (primary N) is 4. The summed E-state index contributed by atoms with van der Waals surface area (Å²) in [6.07, 6.45) is 1.81. The maximum atomic E-state index is 13.6. The zero-order valence-corrected chi connectivity index (χ0v) is 25.3. The minimum absolute atomic E-state index is 0.00910. The van der Waals surface area contributed by atoms with E-state index in [9.17, 15) is 28.8 Å². The molecule has 0 fully saturated rings. The monoisotopic (exact) mass is 648 g/mol. The Morgan fingerprint density at radius 2 is 1.60 bits per heavy atom. The molecule has 1 aromatic heterocycles. The Balaban J connectivity index is 2.25. The van der Waals surface area contributed by atoms with Crippen molar-refractivity contribution in [3.05, 3.63) is 36.0 Å². The Labute approximate surface area is 264 Å². The second-order valence-corrected chi connectivity index (χ2v) is 10.5. The van der Waals surface area contributed by atoms with Gasteiger partial charge in [0.1, 0.15) is 18.1 Å². The van der Waals surface area contributed by atoms with Crippen LogP contribution in [0, 0.1) is 0 Å². The lowest BCUT2D eigenvalue weighted by Crippen LogP contribution is -2.57. The summed E-state index contributed by atoms with van der Waals surface area (Å²) < 4.78 is 0. The van der Waals surface area contributed by atoms with Gasteiger partial charge < -0.3 is 54.3 Å². The second-order valence-electron chi connectivity index (χ2n) is 10.1. The molecule has 1 heterocycles. The van der Waals surface area contributed by atoms with Crippen molar-refractivity contribution < 1.29 is 33.9 Å². The fraction of sp³-hybridized carbons (Fsp3) is 0.444. The van der Waals surface area contributed by atoms with Gasteiger partial charge in [0.05, 0.1) is 12.6 Å². The molecule has 0 bridgehead atoms. The van der Waals surface area contributed by atoms with Gasteiger partial charge in [0.15, 0.2) is 5.96 Å². The summed E-state index contributed by atoms with van der Waals surface area (Å²) in [5, 5.41) is 19.7. The van der Waals surface area contributed by atoms with E-state index in [0.717, 1.165) is 10.9 Å². The maximum absolute atomic E-state index is 13.6. The molecule has 14 N–H and O–H groups in total. The van der Waals surface area contributed by atoms with Crippen molar-refractivity contribution in [1.82, 2.24) is 26.3 Å². The smallest absolute Gasteiger partial charge is 0.327 e. The van der Waals surface area contributed by atoms with Crippen LogP contribution in [-0.2, 0) is 35.2 Å². The van der Waals surface area contributed by atoms with Crippen LogP contribution in [-0.4, -0.2) is 94.6 Å². The summed E-state index contributed by atoms with van der Waals surface area (Å²) in [6.45, 7) is -0.449. The quantitative estimate of drug-likeness (QED) is 0.0316. The van der Waals surface area contributed by atoms with E-state index in [-0.39, 0.29) is 50.4 Å². The largest absolute Gasteiger partial charge is 0.480 e. The van der Waals surface area contributed by atoms with Crippen molar-refractivity contribution in [3.63, 3.8) is 0 Å². The number of aliphatic imine (C=N–C) groups is 1. The summed E-state index contributed by atoms with van der Waals surface area (Å²) >= 11 is 3.88. The fourth-order valence-electron chi connectivity index (χ4n) is 4.20. The van der Waals surface area contributed by atoms with E-state index in [1.165, 1.54) is 0 Å².